The summed E-state index contributed by atoms with van der Waals surface area (Å²) >= 11 is 0. The summed E-state index contributed by atoms with van der Waals surface area (Å²) in [7, 11) is 0. The number of nitrogens with one attached hydrogen (secondary N) is 2. The van der Waals surface area contributed by atoms with Crippen molar-refractivity contribution in [1.29, 1.82) is 0 Å². The normalized spacial score (nSPS) is 10.8. The van der Waals surface area contributed by atoms with Crippen LogP contribution in [-0.4, -0.2) is 23.6 Å². The number of anilines is 1. The van der Waals surface area contributed by atoms with Crippen LogP contribution >= 0.6 is 0 Å². The molecule has 0 aliphatic heterocycles. The van der Waals surface area contributed by atoms with E-state index in [-0.39, 0.29) is 18.1 Å². The van der Waals surface area contributed by atoms with Crippen LogP contribution in [0.5, 0.6) is 0 Å². The summed E-state index contributed by atoms with van der Waals surface area (Å²) < 4.78 is 5.69. The molecule has 0 saturated heterocycles. The molecule has 1 heterocycles. The van der Waals surface area contributed by atoms with Crippen LogP contribution in [0.3, 0.4) is 0 Å². The minimum atomic E-state index is -0.437. The van der Waals surface area contributed by atoms with Gasteiger partial charge in [0, 0.05) is 23.4 Å². The molecule has 2 aromatic carbocycles. The van der Waals surface area contributed by atoms with Crippen molar-refractivity contribution in [2.45, 2.75) is 13.8 Å². The van der Waals surface area contributed by atoms with Crippen LogP contribution in [0.25, 0.3) is 11.3 Å². The fourth-order valence-corrected chi connectivity index (χ4v) is 2.67. The number of carbonyl (C=O) groups is 1. The molecule has 1 amide bonds. The topological polar surface area (TPSA) is 110 Å². The third-order valence-corrected chi connectivity index (χ3v) is 4.20. The Hall–Kier alpha value is -3.94. The minimum absolute atomic E-state index is 0.0292. The highest BCUT2D eigenvalue weighted by Gasteiger charge is 2.12. The molecule has 0 radical (unpaired) electrons. The molecule has 0 saturated carbocycles. The van der Waals surface area contributed by atoms with E-state index < -0.39 is 4.92 Å². The second-order valence-electron chi connectivity index (χ2n) is 6.47. The molecule has 0 bridgehead atoms. The van der Waals surface area contributed by atoms with Crippen molar-refractivity contribution < 1.29 is 14.1 Å². The predicted octanol–water partition coefficient (Wildman–Crippen LogP) is 4.03. The van der Waals surface area contributed by atoms with Gasteiger partial charge in [0.05, 0.1) is 17.7 Å². The van der Waals surface area contributed by atoms with Crippen molar-refractivity contribution in [1.82, 2.24) is 5.43 Å². The van der Waals surface area contributed by atoms with E-state index >= 15 is 0 Å². The van der Waals surface area contributed by atoms with Crippen LogP contribution in [0, 0.1) is 24.0 Å². The summed E-state index contributed by atoms with van der Waals surface area (Å²) in [6.45, 7) is 3.86. The maximum Gasteiger partial charge on any atom is 0.269 e. The number of non-ortho nitro benzene ring substituents is 1. The first-order chi connectivity index (χ1) is 13.9. The van der Waals surface area contributed by atoms with E-state index in [1.807, 2.05) is 31.2 Å². The van der Waals surface area contributed by atoms with Crippen molar-refractivity contribution >= 4 is 23.5 Å². The Morgan fingerprint density at radius 2 is 1.90 bits per heavy atom. The molecule has 0 fully saturated rings. The first-order valence-corrected chi connectivity index (χ1v) is 8.90. The molecule has 0 aliphatic carbocycles. The Morgan fingerprint density at radius 3 is 2.59 bits per heavy atom. The van der Waals surface area contributed by atoms with Gasteiger partial charge >= 0.3 is 0 Å². The first-order valence-electron chi connectivity index (χ1n) is 8.90. The smallest absolute Gasteiger partial charge is 0.269 e. The van der Waals surface area contributed by atoms with Crippen LogP contribution in [0.4, 0.5) is 11.4 Å². The molecule has 0 unspecified atom stereocenters. The molecule has 0 aliphatic rings. The van der Waals surface area contributed by atoms with Gasteiger partial charge in [-0.1, -0.05) is 17.7 Å². The number of carbonyl (C=O) groups excluding carboxylic acids is 1. The number of benzene rings is 2. The maximum atomic E-state index is 11.9. The third-order valence-electron chi connectivity index (χ3n) is 4.20. The number of amides is 1. The van der Waals surface area contributed by atoms with E-state index in [1.165, 1.54) is 18.3 Å². The second kappa shape index (κ2) is 8.83. The van der Waals surface area contributed by atoms with Gasteiger partial charge in [0.1, 0.15) is 11.5 Å². The predicted molar refractivity (Wildman–Crippen MR) is 111 cm³/mol. The average Bonchev–Trinajstić information content (AvgIpc) is 3.16. The van der Waals surface area contributed by atoms with Gasteiger partial charge in [-0.3, -0.25) is 14.9 Å². The van der Waals surface area contributed by atoms with Crippen LogP contribution in [0.2, 0.25) is 0 Å². The number of hydrazone groups is 1. The highest BCUT2D eigenvalue weighted by atomic mass is 16.6. The molecule has 0 spiro atoms. The highest BCUT2D eigenvalue weighted by Crippen LogP contribution is 2.28. The average molecular weight is 392 g/mol. The van der Waals surface area contributed by atoms with Crippen molar-refractivity contribution in [2.24, 2.45) is 5.10 Å². The molecule has 0 atom stereocenters. The summed E-state index contributed by atoms with van der Waals surface area (Å²) in [5.74, 6) is 0.718. The van der Waals surface area contributed by atoms with E-state index in [0.29, 0.717) is 11.5 Å². The van der Waals surface area contributed by atoms with Crippen LogP contribution in [0.15, 0.2) is 64.1 Å². The van der Waals surface area contributed by atoms with E-state index in [4.69, 9.17) is 4.42 Å². The Bertz CT molecular complexity index is 1050. The van der Waals surface area contributed by atoms with E-state index in [0.717, 1.165) is 22.4 Å². The summed E-state index contributed by atoms with van der Waals surface area (Å²) in [6, 6.07) is 15.7. The van der Waals surface area contributed by atoms with Crippen LogP contribution in [0.1, 0.15) is 16.9 Å². The van der Waals surface area contributed by atoms with E-state index in [1.54, 1.807) is 25.1 Å². The lowest BCUT2D eigenvalue weighted by Crippen LogP contribution is -2.25. The fraction of sp³-hybridized carbons (Fsp3) is 0.143. The van der Waals surface area contributed by atoms with Gasteiger partial charge in [-0.05, 0) is 49.7 Å². The molecule has 148 valence electrons. The van der Waals surface area contributed by atoms with Crippen molar-refractivity contribution in [3.8, 4) is 11.3 Å². The number of nitro benzene ring substituents is 1. The second-order valence-corrected chi connectivity index (χ2v) is 6.47. The zero-order valence-electron chi connectivity index (χ0n) is 16.0. The lowest BCUT2D eigenvalue weighted by Gasteiger charge is -2.05. The molecule has 8 nitrogen and oxygen atoms in total. The van der Waals surface area contributed by atoms with Gasteiger partial charge in [0.2, 0.25) is 0 Å². The largest absolute Gasteiger partial charge is 0.455 e. The van der Waals surface area contributed by atoms with Crippen molar-refractivity contribution in [2.75, 3.05) is 11.9 Å². The zero-order valence-corrected chi connectivity index (χ0v) is 16.0. The quantitative estimate of drug-likeness (QED) is 0.358. The maximum absolute atomic E-state index is 11.9. The Labute approximate surface area is 167 Å². The summed E-state index contributed by atoms with van der Waals surface area (Å²) in [6.07, 6.45) is 1.40. The van der Waals surface area contributed by atoms with Crippen molar-refractivity contribution in [3.63, 3.8) is 0 Å². The van der Waals surface area contributed by atoms with Crippen molar-refractivity contribution in [3.05, 3.63) is 81.6 Å². The van der Waals surface area contributed by atoms with Gasteiger partial charge in [-0.25, -0.2) is 5.43 Å². The van der Waals surface area contributed by atoms with Gasteiger partial charge in [-0.2, -0.15) is 5.10 Å². The molecular formula is C21H20N4O4. The number of nitro groups is 1. The zero-order chi connectivity index (χ0) is 20.8. The van der Waals surface area contributed by atoms with Gasteiger partial charge in [0.15, 0.2) is 0 Å². The van der Waals surface area contributed by atoms with E-state index in [2.05, 4.69) is 15.8 Å². The molecule has 3 aromatic rings. The Morgan fingerprint density at radius 1 is 1.14 bits per heavy atom. The monoisotopic (exact) mass is 392 g/mol. The number of aryl methyl sites for hydroxylation is 2. The number of nitrogens with zero attached hydrogens (tertiary/aromatic N) is 2. The standard InChI is InChI=1S/C21H20N4O4/c1-14-3-5-16(6-4-14)22-13-21(26)24-23-12-18-8-10-20(29-18)19-9-7-17(25(27)28)11-15(19)2/h3-12,22H,13H2,1-2H3,(H,24,26)/b23-12-. The van der Waals surface area contributed by atoms with Crippen LogP contribution < -0.4 is 10.7 Å². The summed E-state index contributed by atoms with van der Waals surface area (Å²) in [5.41, 5.74) is 5.93. The fourth-order valence-electron chi connectivity index (χ4n) is 2.67. The Balaban J connectivity index is 1.55. The number of rotatable bonds is 7. The number of hydrogen-bond donors (Lipinski definition) is 2. The lowest BCUT2D eigenvalue weighted by atomic mass is 10.1. The van der Waals surface area contributed by atoms with Gasteiger partial charge < -0.3 is 9.73 Å². The SMILES string of the molecule is Cc1ccc(NCC(=O)N/N=C\c2ccc(-c3ccc([N+](=O)[O-])cc3C)o2)cc1. The van der Waals surface area contributed by atoms with Gasteiger partial charge in [-0.15, -0.1) is 0 Å². The van der Waals surface area contributed by atoms with Gasteiger partial charge in [0.25, 0.3) is 11.6 Å². The molecular weight excluding hydrogens is 372 g/mol. The number of furan rings is 1. The number of hydrogen-bond acceptors (Lipinski definition) is 6. The third kappa shape index (κ3) is 5.29. The lowest BCUT2D eigenvalue weighted by molar-refractivity contribution is -0.384. The molecule has 29 heavy (non-hydrogen) atoms. The van der Waals surface area contributed by atoms with E-state index in [9.17, 15) is 14.9 Å². The molecule has 1 aromatic heterocycles. The molecule has 2 N–H and O–H groups in total. The Kier molecular flexibility index (Phi) is 6.03. The highest BCUT2D eigenvalue weighted by molar-refractivity contribution is 5.83. The minimum Gasteiger partial charge on any atom is -0.455 e. The summed E-state index contributed by atoms with van der Waals surface area (Å²) in [5, 5.41) is 17.7. The first kappa shape index (κ1) is 19.8. The molecule has 3 rings (SSSR count). The molecule has 8 heteroatoms. The summed E-state index contributed by atoms with van der Waals surface area (Å²) in [4.78, 5) is 22.3. The van der Waals surface area contributed by atoms with Crippen LogP contribution in [-0.2, 0) is 4.79 Å².